The van der Waals surface area contributed by atoms with Crippen molar-refractivity contribution >= 4 is 11.8 Å². The van der Waals surface area contributed by atoms with Crippen LogP contribution in [0, 0.1) is 0 Å². The van der Waals surface area contributed by atoms with Gasteiger partial charge in [0, 0.05) is 18.9 Å². The summed E-state index contributed by atoms with van der Waals surface area (Å²) in [7, 11) is 0. The number of nitrogens with zero attached hydrogens (tertiary/aromatic N) is 2. The number of aromatic nitrogens is 1. The molecule has 0 saturated heterocycles. The Hall–Kier alpha value is -1.75. The van der Waals surface area contributed by atoms with E-state index < -0.39 is 0 Å². The van der Waals surface area contributed by atoms with E-state index in [1.165, 1.54) is 17.3 Å². The van der Waals surface area contributed by atoms with Crippen molar-refractivity contribution in [3.05, 3.63) is 29.6 Å². The van der Waals surface area contributed by atoms with Crippen molar-refractivity contribution in [1.82, 2.24) is 9.88 Å². The normalized spacial score (nSPS) is 14.6. The van der Waals surface area contributed by atoms with Gasteiger partial charge in [0.05, 0.1) is 11.1 Å². The molecule has 0 fully saturated rings. The van der Waals surface area contributed by atoms with Crippen molar-refractivity contribution in [2.45, 2.75) is 6.42 Å². The van der Waals surface area contributed by atoms with E-state index in [9.17, 15) is 9.59 Å². The minimum Gasteiger partial charge on any atom is -0.330 e. The van der Waals surface area contributed by atoms with Crippen LogP contribution in [0.2, 0.25) is 0 Å². The predicted molar refractivity (Wildman–Crippen MR) is 53.3 cm³/mol. The van der Waals surface area contributed by atoms with Gasteiger partial charge in [0.15, 0.2) is 0 Å². The maximum Gasteiger partial charge on any atom is 0.263 e. The highest BCUT2D eigenvalue weighted by Crippen LogP contribution is 2.21. The van der Waals surface area contributed by atoms with E-state index in [0.717, 1.165) is 0 Å². The molecule has 1 aliphatic rings. The van der Waals surface area contributed by atoms with Gasteiger partial charge in [-0.25, -0.2) is 0 Å². The first-order valence-corrected chi connectivity index (χ1v) is 4.76. The van der Waals surface area contributed by atoms with E-state index in [4.69, 9.17) is 5.73 Å². The fraction of sp³-hybridized carbons (Fsp3) is 0.300. The highest BCUT2D eigenvalue weighted by Gasteiger charge is 2.34. The minimum atomic E-state index is -0.267. The van der Waals surface area contributed by atoms with E-state index >= 15 is 0 Å². The molecule has 0 atom stereocenters. The van der Waals surface area contributed by atoms with E-state index in [-0.39, 0.29) is 11.8 Å². The Bertz CT molecular complexity index is 382. The molecule has 2 amide bonds. The van der Waals surface area contributed by atoms with Crippen molar-refractivity contribution in [3.63, 3.8) is 0 Å². The van der Waals surface area contributed by atoms with Gasteiger partial charge in [-0.1, -0.05) is 0 Å². The lowest BCUT2D eigenvalue weighted by molar-refractivity contribution is 0.0653. The Morgan fingerprint density at radius 1 is 1.27 bits per heavy atom. The first kappa shape index (κ1) is 9.79. The second-order valence-corrected chi connectivity index (χ2v) is 3.33. The Labute approximate surface area is 86.9 Å². The van der Waals surface area contributed by atoms with Crippen LogP contribution in [-0.2, 0) is 0 Å². The third-order valence-corrected chi connectivity index (χ3v) is 2.36. The van der Waals surface area contributed by atoms with Crippen LogP contribution in [0.3, 0.4) is 0 Å². The lowest BCUT2D eigenvalue weighted by Gasteiger charge is -2.12. The van der Waals surface area contributed by atoms with Crippen LogP contribution in [0.4, 0.5) is 0 Å². The average Bonchev–Trinajstić information content (AvgIpc) is 2.51. The molecule has 1 aliphatic heterocycles. The summed E-state index contributed by atoms with van der Waals surface area (Å²) < 4.78 is 0. The topological polar surface area (TPSA) is 76.3 Å². The van der Waals surface area contributed by atoms with Crippen LogP contribution in [0.5, 0.6) is 0 Å². The van der Waals surface area contributed by atoms with Crippen molar-refractivity contribution in [2.75, 3.05) is 13.1 Å². The molecule has 0 unspecified atom stereocenters. The van der Waals surface area contributed by atoms with E-state index in [1.807, 2.05) is 0 Å². The summed E-state index contributed by atoms with van der Waals surface area (Å²) in [4.78, 5) is 28.5. The number of carbonyl (C=O) groups is 2. The van der Waals surface area contributed by atoms with Crippen LogP contribution in [0.25, 0.3) is 0 Å². The largest absolute Gasteiger partial charge is 0.330 e. The summed E-state index contributed by atoms with van der Waals surface area (Å²) in [5.41, 5.74) is 6.17. The van der Waals surface area contributed by atoms with Gasteiger partial charge in [-0.3, -0.25) is 19.5 Å². The zero-order valence-corrected chi connectivity index (χ0v) is 8.14. The lowest BCUT2D eigenvalue weighted by atomic mass is 10.2. The second-order valence-electron chi connectivity index (χ2n) is 3.33. The maximum absolute atomic E-state index is 11.7. The molecule has 2 heterocycles. The number of nitrogens with two attached hydrogens (primary N) is 1. The number of hydrogen-bond donors (Lipinski definition) is 1. The fourth-order valence-electron chi connectivity index (χ4n) is 1.59. The number of carbonyl (C=O) groups excluding carboxylic acids is 2. The predicted octanol–water partition coefficient (Wildman–Crippen LogP) is 0.0264. The van der Waals surface area contributed by atoms with Gasteiger partial charge in [-0.15, -0.1) is 0 Å². The van der Waals surface area contributed by atoms with Gasteiger partial charge in [0.2, 0.25) is 0 Å². The summed E-state index contributed by atoms with van der Waals surface area (Å²) in [6.07, 6.45) is 3.56. The Morgan fingerprint density at radius 3 is 2.67 bits per heavy atom. The molecule has 15 heavy (non-hydrogen) atoms. The zero-order chi connectivity index (χ0) is 10.8. The monoisotopic (exact) mass is 205 g/mol. The molecular formula is C10H11N3O2. The molecule has 5 heteroatoms. The van der Waals surface area contributed by atoms with Gasteiger partial charge >= 0.3 is 0 Å². The maximum atomic E-state index is 11.7. The Kier molecular flexibility index (Phi) is 2.47. The quantitative estimate of drug-likeness (QED) is 0.706. The molecule has 78 valence electrons. The summed E-state index contributed by atoms with van der Waals surface area (Å²) in [5.74, 6) is -0.512. The van der Waals surface area contributed by atoms with E-state index in [2.05, 4.69) is 4.98 Å². The molecular weight excluding hydrogens is 194 g/mol. The van der Waals surface area contributed by atoms with Crippen molar-refractivity contribution in [3.8, 4) is 0 Å². The molecule has 2 rings (SSSR count). The van der Waals surface area contributed by atoms with Crippen LogP contribution < -0.4 is 5.73 Å². The number of hydrogen-bond acceptors (Lipinski definition) is 4. The Morgan fingerprint density at radius 2 is 2.00 bits per heavy atom. The number of rotatable bonds is 3. The van der Waals surface area contributed by atoms with Gasteiger partial charge in [-0.05, 0) is 19.0 Å². The smallest absolute Gasteiger partial charge is 0.263 e. The molecule has 1 aromatic heterocycles. The summed E-state index contributed by atoms with van der Waals surface area (Å²) in [6, 6.07) is 1.57. The summed E-state index contributed by atoms with van der Waals surface area (Å²) in [5, 5.41) is 0. The number of amides is 2. The zero-order valence-electron chi connectivity index (χ0n) is 8.14. The van der Waals surface area contributed by atoms with Crippen molar-refractivity contribution in [2.24, 2.45) is 5.73 Å². The van der Waals surface area contributed by atoms with Crippen molar-refractivity contribution in [1.29, 1.82) is 0 Å². The first-order chi connectivity index (χ1) is 7.25. The highest BCUT2D eigenvalue weighted by atomic mass is 16.2. The summed E-state index contributed by atoms with van der Waals surface area (Å²) >= 11 is 0. The molecule has 0 bridgehead atoms. The highest BCUT2D eigenvalue weighted by molar-refractivity contribution is 6.21. The number of fused-ring (bicyclic) bond motifs is 1. The van der Waals surface area contributed by atoms with Gasteiger partial charge in [0.25, 0.3) is 11.8 Å². The lowest BCUT2D eigenvalue weighted by Crippen LogP contribution is -2.31. The van der Waals surface area contributed by atoms with Crippen LogP contribution in [-0.4, -0.2) is 34.8 Å². The fourth-order valence-corrected chi connectivity index (χ4v) is 1.59. The third kappa shape index (κ3) is 1.50. The molecule has 0 saturated carbocycles. The standard InChI is InChI=1S/C10H11N3O2/c11-3-1-5-13-9(14)7-2-4-12-6-8(7)10(13)15/h2,4,6H,1,3,5,11H2. The molecule has 0 aliphatic carbocycles. The summed E-state index contributed by atoms with van der Waals surface area (Å²) in [6.45, 7) is 0.842. The van der Waals surface area contributed by atoms with Gasteiger partial charge in [-0.2, -0.15) is 0 Å². The SMILES string of the molecule is NCCCN1C(=O)c2ccncc2C1=O. The number of pyridine rings is 1. The molecule has 2 N–H and O–H groups in total. The Balaban J connectivity index is 2.29. The van der Waals surface area contributed by atoms with Crippen LogP contribution in [0.1, 0.15) is 27.1 Å². The van der Waals surface area contributed by atoms with Crippen LogP contribution in [0.15, 0.2) is 18.5 Å². The van der Waals surface area contributed by atoms with Gasteiger partial charge < -0.3 is 5.73 Å². The minimum absolute atomic E-state index is 0.245. The van der Waals surface area contributed by atoms with E-state index in [1.54, 1.807) is 6.07 Å². The molecule has 0 radical (unpaired) electrons. The first-order valence-electron chi connectivity index (χ1n) is 4.76. The molecule has 0 aromatic carbocycles. The van der Waals surface area contributed by atoms with Gasteiger partial charge in [0.1, 0.15) is 0 Å². The third-order valence-electron chi connectivity index (χ3n) is 2.36. The molecule has 5 nitrogen and oxygen atoms in total. The van der Waals surface area contributed by atoms with E-state index in [0.29, 0.717) is 30.6 Å². The average molecular weight is 205 g/mol. The second kappa shape index (κ2) is 3.78. The van der Waals surface area contributed by atoms with Crippen LogP contribution >= 0.6 is 0 Å². The number of imide groups is 1. The van der Waals surface area contributed by atoms with Crippen molar-refractivity contribution < 1.29 is 9.59 Å². The molecule has 1 aromatic rings. The molecule has 0 spiro atoms.